The Hall–Kier alpha value is -2.30. The van der Waals surface area contributed by atoms with Gasteiger partial charge in [-0.3, -0.25) is 0 Å². The Bertz CT molecular complexity index is 903. The molecule has 0 amide bonds. The number of aromatic nitrogens is 4. The monoisotopic (exact) mass is 350 g/mol. The van der Waals surface area contributed by atoms with E-state index < -0.39 is 10.0 Å². The summed E-state index contributed by atoms with van der Waals surface area (Å²) in [5.41, 5.74) is 1.62. The second-order valence-corrected chi connectivity index (χ2v) is 7.64. The molecule has 0 radical (unpaired) electrons. The molecule has 0 bridgehead atoms. The van der Waals surface area contributed by atoms with E-state index in [1.165, 1.54) is 6.20 Å². The zero-order valence-electron chi connectivity index (χ0n) is 12.1. The number of benzene rings is 1. The Morgan fingerprint density at radius 3 is 2.70 bits per heavy atom. The fraction of sp³-hybridized carbons (Fsp3) is 0.154. The van der Waals surface area contributed by atoms with E-state index in [9.17, 15) is 8.42 Å². The molecule has 0 aliphatic rings. The summed E-state index contributed by atoms with van der Waals surface area (Å²) < 4.78 is 24.2. The summed E-state index contributed by atoms with van der Waals surface area (Å²) in [7, 11) is -3.73. The lowest BCUT2D eigenvalue weighted by molar-refractivity contribution is 0.599. The molecule has 1 aromatic carbocycles. The van der Waals surface area contributed by atoms with Crippen molar-refractivity contribution >= 4 is 26.5 Å². The maximum absolute atomic E-state index is 11.3. The Balaban J connectivity index is 1.75. The third-order valence-corrected chi connectivity index (χ3v) is 5.42. The van der Waals surface area contributed by atoms with Gasteiger partial charge in [0.25, 0.3) is 0 Å². The van der Waals surface area contributed by atoms with Crippen LogP contribution in [0.15, 0.2) is 46.9 Å². The minimum absolute atomic E-state index is 0.0140. The maximum atomic E-state index is 11.3. The van der Waals surface area contributed by atoms with Crippen molar-refractivity contribution in [2.24, 2.45) is 5.14 Å². The molecule has 23 heavy (non-hydrogen) atoms. The molecule has 1 unspecified atom stereocenters. The van der Waals surface area contributed by atoms with Crippen LogP contribution in [0.1, 0.15) is 18.7 Å². The van der Waals surface area contributed by atoms with E-state index in [1.54, 1.807) is 10.9 Å². The van der Waals surface area contributed by atoms with E-state index in [0.29, 0.717) is 10.8 Å². The minimum atomic E-state index is -3.73. The molecule has 0 aliphatic carbocycles. The van der Waals surface area contributed by atoms with Gasteiger partial charge in [0.2, 0.25) is 10.0 Å². The number of anilines is 1. The summed E-state index contributed by atoms with van der Waals surface area (Å²) >= 11 is 0.976. The van der Waals surface area contributed by atoms with Gasteiger partial charge in [-0.1, -0.05) is 34.7 Å². The van der Waals surface area contributed by atoms with Crippen LogP contribution in [-0.4, -0.2) is 28.4 Å². The lowest BCUT2D eigenvalue weighted by Gasteiger charge is -2.08. The molecule has 0 saturated carbocycles. The molecule has 3 aromatic rings. The van der Waals surface area contributed by atoms with Crippen LogP contribution in [0.5, 0.6) is 0 Å². The first-order chi connectivity index (χ1) is 10.9. The Kier molecular flexibility index (Phi) is 4.11. The molecule has 0 aliphatic heterocycles. The van der Waals surface area contributed by atoms with Crippen LogP contribution >= 0.6 is 11.3 Å². The highest BCUT2D eigenvalue weighted by atomic mass is 32.2. The van der Waals surface area contributed by atoms with Crippen LogP contribution < -0.4 is 10.5 Å². The topological polar surface area (TPSA) is 116 Å². The summed E-state index contributed by atoms with van der Waals surface area (Å²) in [6, 6.07) is 9.43. The highest BCUT2D eigenvalue weighted by molar-refractivity contribution is 7.91. The molecule has 2 heterocycles. The first kappa shape index (κ1) is 15.6. The minimum Gasteiger partial charge on any atom is -0.353 e. The Morgan fingerprint density at radius 2 is 2.04 bits per heavy atom. The summed E-state index contributed by atoms with van der Waals surface area (Å²) in [6.45, 7) is 1.89. The van der Waals surface area contributed by atoms with Crippen molar-refractivity contribution in [1.29, 1.82) is 0 Å². The zero-order valence-corrected chi connectivity index (χ0v) is 13.8. The maximum Gasteiger partial charge on any atom is 0.249 e. The molecule has 0 fully saturated rings. The van der Waals surface area contributed by atoms with Crippen LogP contribution in [-0.2, 0) is 10.0 Å². The first-order valence-corrected chi connectivity index (χ1v) is 9.02. The average Bonchev–Trinajstić information content (AvgIpc) is 3.16. The van der Waals surface area contributed by atoms with Gasteiger partial charge in [0.1, 0.15) is 5.69 Å². The number of hydrogen-bond donors (Lipinski definition) is 2. The fourth-order valence-corrected chi connectivity index (χ4v) is 3.44. The molecule has 2 aromatic heterocycles. The van der Waals surface area contributed by atoms with E-state index in [4.69, 9.17) is 5.14 Å². The van der Waals surface area contributed by atoms with Crippen molar-refractivity contribution in [3.8, 4) is 5.69 Å². The summed E-state index contributed by atoms with van der Waals surface area (Å²) in [5.74, 6) is 0. The number of thiazole rings is 1. The summed E-state index contributed by atoms with van der Waals surface area (Å²) in [5, 5.41) is 16.8. The molecule has 0 spiro atoms. The highest BCUT2D eigenvalue weighted by Gasteiger charge is 2.16. The molecule has 1 atom stereocenters. The third kappa shape index (κ3) is 3.55. The van der Waals surface area contributed by atoms with E-state index in [0.717, 1.165) is 17.0 Å². The number of rotatable bonds is 5. The molecular formula is C13H14N6O2S2. The number of nitrogens with zero attached hydrogens (tertiary/aromatic N) is 4. The van der Waals surface area contributed by atoms with E-state index >= 15 is 0 Å². The van der Waals surface area contributed by atoms with Gasteiger partial charge in [-0.05, 0) is 19.1 Å². The number of para-hydroxylation sites is 1. The Morgan fingerprint density at radius 1 is 1.30 bits per heavy atom. The van der Waals surface area contributed by atoms with Gasteiger partial charge in [0, 0.05) is 0 Å². The molecule has 3 rings (SSSR count). The quantitative estimate of drug-likeness (QED) is 0.721. The van der Waals surface area contributed by atoms with Crippen molar-refractivity contribution in [2.45, 2.75) is 17.2 Å². The van der Waals surface area contributed by atoms with Crippen LogP contribution in [0.4, 0.5) is 5.13 Å². The Labute approximate surface area is 137 Å². The van der Waals surface area contributed by atoms with Gasteiger partial charge in [-0.25, -0.2) is 23.2 Å². The lowest BCUT2D eigenvalue weighted by atomic mass is 10.2. The summed E-state index contributed by atoms with van der Waals surface area (Å²) in [6.07, 6.45) is 3.04. The van der Waals surface area contributed by atoms with Crippen LogP contribution in [0.2, 0.25) is 0 Å². The van der Waals surface area contributed by atoms with Crippen LogP contribution in [0.3, 0.4) is 0 Å². The second-order valence-electron chi connectivity index (χ2n) is 4.82. The first-order valence-electron chi connectivity index (χ1n) is 6.66. The highest BCUT2D eigenvalue weighted by Crippen LogP contribution is 2.25. The average molecular weight is 350 g/mol. The van der Waals surface area contributed by atoms with Crippen LogP contribution in [0, 0.1) is 0 Å². The molecule has 10 heteroatoms. The van der Waals surface area contributed by atoms with Gasteiger partial charge in [0.05, 0.1) is 24.1 Å². The van der Waals surface area contributed by atoms with Crippen molar-refractivity contribution in [3.05, 3.63) is 48.4 Å². The predicted molar refractivity (Wildman–Crippen MR) is 86.9 cm³/mol. The van der Waals surface area contributed by atoms with Crippen molar-refractivity contribution in [3.63, 3.8) is 0 Å². The number of sulfonamides is 1. The molecule has 3 N–H and O–H groups in total. The number of nitrogens with two attached hydrogens (primary N) is 1. The van der Waals surface area contributed by atoms with Gasteiger partial charge < -0.3 is 5.32 Å². The second kappa shape index (κ2) is 6.07. The van der Waals surface area contributed by atoms with Gasteiger partial charge in [-0.2, -0.15) is 0 Å². The summed E-state index contributed by atoms with van der Waals surface area (Å²) in [4.78, 5) is 4.01. The standard InChI is InChI=1S/C13H14N6O2S2/c1-9(16-13-15-7-12(22-13)23(14,20)21)11-8-19(18-17-11)10-5-3-2-4-6-10/h2-9H,1H3,(H,15,16)(H2,14,20,21). The van der Waals surface area contributed by atoms with E-state index in [-0.39, 0.29) is 10.3 Å². The largest absolute Gasteiger partial charge is 0.353 e. The fourth-order valence-electron chi connectivity index (χ4n) is 1.90. The smallest absolute Gasteiger partial charge is 0.249 e. The predicted octanol–water partition coefficient (Wildman–Crippen LogP) is 1.54. The molecule has 120 valence electrons. The molecule has 0 saturated heterocycles. The van der Waals surface area contributed by atoms with Gasteiger partial charge in [-0.15, -0.1) is 5.10 Å². The van der Waals surface area contributed by atoms with Crippen molar-refractivity contribution < 1.29 is 8.42 Å². The van der Waals surface area contributed by atoms with E-state index in [1.807, 2.05) is 37.3 Å². The van der Waals surface area contributed by atoms with Crippen LogP contribution in [0.25, 0.3) is 5.69 Å². The van der Waals surface area contributed by atoms with Crippen molar-refractivity contribution in [1.82, 2.24) is 20.0 Å². The molecule has 8 nitrogen and oxygen atoms in total. The van der Waals surface area contributed by atoms with Gasteiger partial charge in [0.15, 0.2) is 9.34 Å². The van der Waals surface area contributed by atoms with Crippen molar-refractivity contribution in [2.75, 3.05) is 5.32 Å². The SMILES string of the molecule is CC(Nc1ncc(S(N)(=O)=O)s1)c1cn(-c2ccccc2)nn1. The van der Waals surface area contributed by atoms with E-state index in [2.05, 4.69) is 20.6 Å². The normalized spacial score (nSPS) is 13.0. The lowest BCUT2D eigenvalue weighted by Crippen LogP contribution is -2.10. The molecular weight excluding hydrogens is 336 g/mol. The number of primary sulfonamides is 1. The third-order valence-electron chi connectivity index (χ3n) is 3.08. The van der Waals surface area contributed by atoms with Gasteiger partial charge >= 0.3 is 0 Å². The number of hydrogen-bond acceptors (Lipinski definition) is 7. The zero-order chi connectivity index (χ0) is 16.4. The number of nitrogens with one attached hydrogen (secondary N) is 1.